The first kappa shape index (κ1) is 36.3. The molecule has 1 aliphatic carbocycles. The number of aliphatic hydroxyl groups excluding tert-OH is 1. The van der Waals surface area contributed by atoms with Crippen LogP contribution in [0.5, 0.6) is 5.75 Å². The lowest BCUT2D eigenvalue weighted by atomic mass is 9.85. The molecule has 0 spiro atoms. The fourth-order valence-electron chi connectivity index (χ4n) is 5.76. The lowest BCUT2D eigenvalue weighted by Gasteiger charge is -2.35. The molecule has 4 atom stereocenters. The van der Waals surface area contributed by atoms with E-state index in [1.165, 1.54) is 16.2 Å². The van der Waals surface area contributed by atoms with Crippen molar-refractivity contribution in [1.29, 1.82) is 0 Å². The number of β-amino-alcohol motifs (C(OH)–C–C–N with tert-alkyl or cyclic N) is 1. The van der Waals surface area contributed by atoms with Crippen LogP contribution in [0.15, 0.2) is 23.7 Å². The van der Waals surface area contributed by atoms with Gasteiger partial charge in [0.05, 0.1) is 34.8 Å². The van der Waals surface area contributed by atoms with Crippen LogP contribution >= 0.6 is 11.3 Å². The Bertz CT molecular complexity index is 1450. The fourth-order valence-corrected chi connectivity index (χ4v) is 6.56. The molecule has 11 nitrogen and oxygen atoms in total. The number of aliphatic hydroxyl groups is 1. The topological polar surface area (TPSA) is 158 Å². The maximum Gasteiger partial charge on any atom is 0.303 e. The first-order chi connectivity index (χ1) is 22.1. The van der Waals surface area contributed by atoms with Gasteiger partial charge in [-0.25, -0.2) is 9.37 Å². The molecule has 4 N–H and O–H groups in total. The van der Waals surface area contributed by atoms with Crippen LogP contribution < -0.4 is 15.4 Å². The van der Waals surface area contributed by atoms with Gasteiger partial charge in [-0.15, -0.1) is 11.3 Å². The van der Waals surface area contributed by atoms with Crippen LogP contribution in [-0.4, -0.2) is 80.8 Å². The van der Waals surface area contributed by atoms with Crippen molar-refractivity contribution in [3.8, 4) is 16.2 Å². The summed E-state index contributed by atoms with van der Waals surface area (Å²) in [7, 11) is 0. The molecule has 0 bridgehead atoms. The normalized spacial score (nSPS) is 19.9. The highest BCUT2D eigenvalue weighted by Gasteiger charge is 2.53. The first-order valence-electron chi connectivity index (χ1n) is 16.3. The Labute approximate surface area is 279 Å². The van der Waals surface area contributed by atoms with E-state index in [0.717, 1.165) is 41.0 Å². The van der Waals surface area contributed by atoms with E-state index < -0.39 is 59.0 Å². The highest BCUT2D eigenvalue weighted by molar-refractivity contribution is 7.13. The van der Waals surface area contributed by atoms with E-state index in [4.69, 9.17) is 9.84 Å². The number of amides is 3. The van der Waals surface area contributed by atoms with Gasteiger partial charge in [0.2, 0.25) is 11.8 Å². The summed E-state index contributed by atoms with van der Waals surface area (Å²) in [6.45, 7) is 9.34. The number of nitrogens with one attached hydrogen (secondary N) is 2. The van der Waals surface area contributed by atoms with E-state index in [1.54, 1.807) is 26.3 Å². The first-order valence-corrected chi connectivity index (χ1v) is 17.2. The average molecular weight is 675 g/mol. The summed E-state index contributed by atoms with van der Waals surface area (Å²) in [4.78, 5) is 57.5. The zero-order chi connectivity index (χ0) is 34.5. The van der Waals surface area contributed by atoms with E-state index in [-0.39, 0.29) is 32.2 Å². The van der Waals surface area contributed by atoms with E-state index in [0.29, 0.717) is 18.8 Å². The van der Waals surface area contributed by atoms with E-state index in [9.17, 15) is 28.7 Å². The van der Waals surface area contributed by atoms with Crippen LogP contribution in [0, 0.1) is 12.3 Å². The van der Waals surface area contributed by atoms with Crippen molar-refractivity contribution in [3.05, 3.63) is 35.0 Å². The van der Waals surface area contributed by atoms with Crippen LogP contribution in [0.1, 0.15) is 96.4 Å². The number of aliphatic carboxylic acids is 1. The number of halogens is 1. The molecule has 4 rings (SSSR count). The number of hydrogen-bond acceptors (Lipinski definition) is 8. The van der Waals surface area contributed by atoms with Crippen LogP contribution in [0.3, 0.4) is 0 Å². The summed E-state index contributed by atoms with van der Waals surface area (Å²) >= 11 is 1.52. The lowest BCUT2D eigenvalue weighted by molar-refractivity contribution is -0.145. The molecule has 1 aromatic carbocycles. The molecule has 1 aliphatic heterocycles. The number of benzene rings is 1. The zero-order valence-electron chi connectivity index (χ0n) is 27.8. The summed E-state index contributed by atoms with van der Waals surface area (Å²) in [5, 5.41) is 25.0. The highest BCUT2D eigenvalue weighted by Crippen LogP contribution is 2.40. The van der Waals surface area contributed by atoms with Crippen LogP contribution in [-0.2, 0) is 19.2 Å². The molecule has 1 aromatic heterocycles. The number of rotatable bonds is 15. The van der Waals surface area contributed by atoms with Gasteiger partial charge in [-0.1, -0.05) is 45.7 Å². The largest absolute Gasteiger partial charge is 0.493 e. The summed E-state index contributed by atoms with van der Waals surface area (Å²) < 4.78 is 20.7. The number of carbonyl (C=O) groups is 4. The number of carboxylic acids is 1. The van der Waals surface area contributed by atoms with Gasteiger partial charge in [0.1, 0.15) is 17.8 Å². The fraction of sp³-hybridized carbons (Fsp3) is 0.618. The van der Waals surface area contributed by atoms with Gasteiger partial charge in [0.15, 0.2) is 5.67 Å². The standard InChI is InChI=1S/C34H47FN4O7S/c1-20(24-12-11-22(28-21(2)36-19-47-28)16-26(24)46-15-9-7-6-8-10-27(41)42)37-30(43)25-17-23(40)18-39(25)31(44)29(33(3,4)5)38-32(45)34(35)13-14-34/h11-12,16,19-20,23,25,29,40H,6-10,13-15,17-18H2,1-5H3,(H,37,43)(H,38,45)(H,41,42)/t20-,23+,25-,29?/m0/s1. The summed E-state index contributed by atoms with van der Waals surface area (Å²) in [6, 6.07) is 3.15. The third kappa shape index (κ3) is 9.28. The maximum absolute atomic E-state index is 14.5. The monoisotopic (exact) mass is 674 g/mol. The third-order valence-corrected chi connectivity index (χ3v) is 9.72. The van der Waals surface area contributed by atoms with Crippen molar-refractivity contribution < 1.29 is 38.5 Å². The minimum Gasteiger partial charge on any atom is -0.493 e. The van der Waals surface area contributed by atoms with Gasteiger partial charge in [0.25, 0.3) is 5.91 Å². The molecule has 13 heteroatoms. The number of nitrogens with zero attached hydrogens (tertiary/aromatic N) is 2. The molecule has 2 heterocycles. The number of hydrogen-bond donors (Lipinski definition) is 4. The lowest BCUT2D eigenvalue weighted by Crippen LogP contribution is -2.59. The van der Waals surface area contributed by atoms with Crippen molar-refractivity contribution in [3.63, 3.8) is 0 Å². The van der Waals surface area contributed by atoms with Crippen molar-refractivity contribution in [2.75, 3.05) is 13.2 Å². The average Bonchev–Trinajstić information content (AvgIpc) is 3.41. The van der Waals surface area contributed by atoms with Gasteiger partial charge in [-0.2, -0.15) is 0 Å². The molecule has 2 fully saturated rings. The van der Waals surface area contributed by atoms with E-state index >= 15 is 0 Å². The number of carboxylic acid groups (broad SMARTS) is 1. The predicted molar refractivity (Wildman–Crippen MR) is 176 cm³/mol. The molecule has 1 unspecified atom stereocenters. The van der Waals surface area contributed by atoms with Crippen LogP contribution in [0.2, 0.25) is 0 Å². The number of carbonyl (C=O) groups excluding carboxylic acids is 3. The number of aryl methyl sites for hydroxylation is 1. The van der Waals surface area contributed by atoms with Gasteiger partial charge >= 0.3 is 5.97 Å². The smallest absolute Gasteiger partial charge is 0.303 e. The Morgan fingerprint density at radius 3 is 2.47 bits per heavy atom. The number of aromatic nitrogens is 1. The Morgan fingerprint density at radius 1 is 1.15 bits per heavy atom. The Balaban J connectivity index is 1.48. The quantitative estimate of drug-likeness (QED) is 0.198. The third-order valence-electron chi connectivity index (χ3n) is 8.74. The van der Waals surface area contributed by atoms with Gasteiger partial charge in [-0.3, -0.25) is 19.2 Å². The molecule has 2 aromatic rings. The number of likely N-dealkylation sites (tertiary alicyclic amines) is 1. The number of unbranched alkanes of at least 4 members (excludes halogenated alkanes) is 3. The summed E-state index contributed by atoms with van der Waals surface area (Å²) in [5.41, 5.74) is 1.58. The van der Waals surface area contributed by atoms with Crippen LogP contribution in [0.4, 0.5) is 4.39 Å². The predicted octanol–water partition coefficient (Wildman–Crippen LogP) is 4.70. The SMILES string of the molecule is Cc1ncsc1-c1ccc([C@H](C)NC(=O)[C@@H]2C[C@@H](O)CN2C(=O)C(NC(=O)C2(F)CC2)C(C)(C)C)c(OCCCCCCC(=O)O)c1. The second-order valence-electron chi connectivity index (χ2n) is 13.8. The Morgan fingerprint density at radius 2 is 1.85 bits per heavy atom. The van der Waals surface area contributed by atoms with E-state index in [1.807, 2.05) is 32.0 Å². The zero-order valence-corrected chi connectivity index (χ0v) is 28.6. The van der Waals surface area contributed by atoms with Crippen molar-refractivity contribution in [2.45, 2.75) is 116 Å². The number of thiazole rings is 1. The molecule has 2 aliphatic rings. The van der Waals surface area contributed by atoms with Gasteiger partial charge < -0.3 is 30.5 Å². The van der Waals surface area contributed by atoms with E-state index in [2.05, 4.69) is 15.6 Å². The molecular formula is C34H47FN4O7S. The molecule has 0 radical (unpaired) electrons. The second-order valence-corrected chi connectivity index (χ2v) is 14.6. The van der Waals surface area contributed by atoms with Gasteiger partial charge in [0, 0.05) is 24.9 Å². The number of ether oxygens (including phenoxy) is 1. The second kappa shape index (κ2) is 15.1. The molecular weight excluding hydrogens is 627 g/mol. The minimum absolute atomic E-state index is 0.0248. The summed E-state index contributed by atoms with van der Waals surface area (Å²) in [5.74, 6) is -2.05. The Hall–Kier alpha value is -3.58. The number of alkyl halides is 1. The molecule has 1 saturated carbocycles. The van der Waals surface area contributed by atoms with Gasteiger partial charge in [-0.05, 0) is 56.6 Å². The molecule has 3 amide bonds. The van der Waals surface area contributed by atoms with Crippen molar-refractivity contribution >= 4 is 35.0 Å². The Kier molecular flexibility index (Phi) is 11.7. The molecule has 258 valence electrons. The minimum atomic E-state index is -1.96. The molecule has 47 heavy (non-hydrogen) atoms. The highest BCUT2D eigenvalue weighted by atomic mass is 32.1. The van der Waals surface area contributed by atoms with Crippen LogP contribution in [0.25, 0.3) is 10.4 Å². The molecule has 1 saturated heterocycles. The summed E-state index contributed by atoms with van der Waals surface area (Å²) in [6.07, 6.45) is 2.39. The van der Waals surface area contributed by atoms with Crippen molar-refractivity contribution in [1.82, 2.24) is 20.5 Å². The maximum atomic E-state index is 14.5. The van der Waals surface area contributed by atoms with Crippen molar-refractivity contribution in [2.24, 2.45) is 5.41 Å².